The fourth-order valence-electron chi connectivity index (χ4n) is 2.19. The summed E-state index contributed by atoms with van der Waals surface area (Å²) >= 11 is 0. The molecule has 11 heavy (non-hydrogen) atoms. The topological polar surface area (TPSA) is 12.0 Å². The molecule has 64 valence electrons. The lowest BCUT2D eigenvalue weighted by Crippen LogP contribution is -2.51. The maximum atomic E-state index is 13.5. The van der Waals surface area contributed by atoms with Gasteiger partial charge in [0.1, 0.15) is 6.17 Å². The van der Waals surface area contributed by atoms with Gasteiger partial charge in [0.25, 0.3) is 0 Å². The Hall–Kier alpha value is -0.110. The molecule has 1 aliphatic heterocycles. The predicted octanol–water partition coefficient (Wildman–Crippen LogP) is 1.88. The second-order valence-electron chi connectivity index (χ2n) is 3.84. The molecule has 1 saturated heterocycles. The van der Waals surface area contributed by atoms with Crippen molar-refractivity contribution in [1.82, 2.24) is 5.32 Å². The molecule has 1 heterocycles. The van der Waals surface area contributed by atoms with Crippen LogP contribution in [0.15, 0.2) is 0 Å². The summed E-state index contributed by atoms with van der Waals surface area (Å²) in [5, 5.41) is 3.15. The molecule has 0 amide bonds. The minimum Gasteiger partial charge on any atom is -0.311 e. The maximum absolute atomic E-state index is 13.5. The molecule has 1 aliphatic carbocycles. The van der Waals surface area contributed by atoms with Crippen molar-refractivity contribution in [3.63, 3.8) is 0 Å². The Kier molecular flexibility index (Phi) is 2.12. The molecular weight excluding hydrogens is 141 g/mol. The highest BCUT2D eigenvalue weighted by Gasteiger charge is 2.34. The van der Waals surface area contributed by atoms with Crippen LogP contribution in [0.25, 0.3) is 0 Å². The van der Waals surface area contributed by atoms with Crippen molar-refractivity contribution in [2.75, 3.05) is 6.54 Å². The van der Waals surface area contributed by atoms with Crippen molar-refractivity contribution in [2.45, 2.75) is 44.3 Å². The number of hydrogen-bond donors (Lipinski definition) is 1. The minimum atomic E-state index is -0.550. The Balaban J connectivity index is 1.82. The number of hydrogen-bond acceptors (Lipinski definition) is 1. The van der Waals surface area contributed by atoms with Crippen molar-refractivity contribution in [3.8, 4) is 0 Å². The maximum Gasteiger partial charge on any atom is 0.118 e. The van der Waals surface area contributed by atoms with Crippen molar-refractivity contribution in [1.29, 1.82) is 0 Å². The molecule has 2 fully saturated rings. The van der Waals surface area contributed by atoms with E-state index in [1.54, 1.807) is 0 Å². The summed E-state index contributed by atoms with van der Waals surface area (Å²) in [6.45, 7) is 1.03. The Bertz CT molecular complexity index is 128. The highest BCUT2D eigenvalue weighted by atomic mass is 19.1. The van der Waals surface area contributed by atoms with E-state index in [-0.39, 0.29) is 6.04 Å². The summed E-state index contributed by atoms with van der Waals surface area (Å²) in [7, 11) is 0. The van der Waals surface area contributed by atoms with Gasteiger partial charge in [0.2, 0.25) is 0 Å². The van der Waals surface area contributed by atoms with E-state index >= 15 is 0 Å². The van der Waals surface area contributed by atoms with Crippen LogP contribution in [-0.2, 0) is 0 Å². The van der Waals surface area contributed by atoms with E-state index in [2.05, 4.69) is 5.32 Å². The predicted molar refractivity (Wildman–Crippen MR) is 43.3 cm³/mol. The zero-order chi connectivity index (χ0) is 7.68. The third-order valence-electron chi connectivity index (χ3n) is 3.10. The highest BCUT2D eigenvalue weighted by molar-refractivity contribution is 4.90. The van der Waals surface area contributed by atoms with E-state index in [4.69, 9.17) is 0 Å². The van der Waals surface area contributed by atoms with E-state index in [9.17, 15) is 4.39 Å². The standard InChI is InChI=1S/C9H16FN/c10-9(8-5-6-11-8)7-3-1-2-4-7/h7-9,11H,1-6H2. The molecule has 0 aromatic heterocycles. The van der Waals surface area contributed by atoms with E-state index in [1.165, 1.54) is 12.8 Å². The molecule has 0 radical (unpaired) electrons. The second-order valence-corrected chi connectivity index (χ2v) is 3.84. The monoisotopic (exact) mass is 157 g/mol. The van der Waals surface area contributed by atoms with Gasteiger partial charge in [-0.3, -0.25) is 0 Å². The van der Waals surface area contributed by atoms with Crippen LogP contribution in [0.2, 0.25) is 0 Å². The van der Waals surface area contributed by atoms with Crippen LogP contribution in [-0.4, -0.2) is 18.8 Å². The van der Waals surface area contributed by atoms with Crippen LogP contribution >= 0.6 is 0 Å². The van der Waals surface area contributed by atoms with Gasteiger partial charge in [0, 0.05) is 6.04 Å². The fraction of sp³-hybridized carbons (Fsp3) is 1.00. The number of alkyl halides is 1. The van der Waals surface area contributed by atoms with E-state index in [0.29, 0.717) is 5.92 Å². The lowest BCUT2D eigenvalue weighted by atomic mass is 9.91. The van der Waals surface area contributed by atoms with Gasteiger partial charge in [-0.25, -0.2) is 4.39 Å². The first kappa shape index (κ1) is 7.53. The molecule has 2 heteroatoms. The van der Waals surface area contributed by atoms with Gasteiger partial charge >= 0.3 is 0 Å². The van der Waals surface area contributed by atoms with Crippen LogP contribution in [0.1, 0.15) is 32.1 Å². The van der Waals surface area contributed by atoms with Gasteiger partial charge in [0.15, 0.2) is 0 Å². The zero-order valence-corrected chi connectivity index (χ0v) is 6.85. The smallest absolute Gasteiger partial charge is 0.118 e. The van der Waals surface area contributed by atoms with Gasteiger partial charge in [0.05, 0.1) is 0 Å². The highest BCUT2D eigenvalue weighted by Crippen LogP contribution is 2.32. The van der Waals surface area contributed by atoms with Crippen LogP contribution in [0.3, 0.4) is 0 Å². The summed E-state index contributed by atoms with van der Waals surface area (Å²) in [4.78, 5) is 0. The van der Waals surface area contributed by atoms with E-state index < -0.39 is 6.17 Å². The molecule has 2 unspecified atom stereocenters. The van der Waals surface area contributed by atoms with Crippen LogP contribution in [0.5, 0.6) is 0 Å². The van der Waals surface area contributed by atoms with Crippen LogP contribution in [0, 0.1) is 5.92 Å². The molecule has 1 N–H and O–H groups in total. The molecule has 0 aromatic carbocycles. The quantitative estimate of drug-likeness (QED) is 0.645. The minimum absolute atomic E-state index is 0.207. The zero-order valence-electron chi connectivity index (χ0n) is 6.85. The molecule has 2 aliphatic rings. The first-order valence-corrected chi connectivity index (χ1v) is 4.75. The van der Waals surface area contributed by atoms with Gasteiger partial charge in [-0.15, -0.1) is 0 Å². The van der Waals surface area contributed by atoms with Crippen molar-refractivity contribution >= 4 is 0 Å². The summed E-state index contributed by atoms with van der Waals surface area (Å²) < 4.78 is 13.5. The molecule has 0 spiro atoms. The molecule has 2 atom stereocenters. The van der Waals surface area contributed by atoms with Gasteiger partial charge in [-0.2, -0.15) is 0 Å². The second kappa shape index (κ2) is 3.10. The number of halogens is 1. The fourth-order valence-corrected chi connectivity index (χ4v) is 2.19. The third kappa shape index (κ3) is 1.41. The molecule has 0 aromatic rings. The summed E-state index contributed by atoms with van der Waals surface area (Å²) in [6.07, 6.45) is 5.25. The number of rotatable bonds is 2. The Labute approximate surface area is 67.4 Å². The van der Waals surface area contributed by atoms with Crippen molar-refractivity contribution in [2.24, 2.45) is 5.92 Å². The van der Waals surface area contributed by atoms with Crippen molar-refractivity contribution < 1.29 is 4.39 Å². The largest absolute Gasteiger partial charge is 0.311 e. The van der Waals surface area contributed by atoms with E-state index in [0.717, 1.165) is 25.8 Å². The Morgan fingerprint density at radius 1 is 1.18 bits per heavy atom. The SMILES string of the molecule is FC(C1CCCC1)C1CCN1. The average Bonchev–Trinajstić information content (AvgIpc) is 2.32. The average molecular weight is 157 g/mol. The summed E-state index contributed by atoms with van der Waals surface area (Å²) in [5.41, 5.74) is 0. The van der Waals surface area contributed by atoms with Crippen LogP contribution in [0.4, 0.5) is 4.39 Å². The first-order valence-electron chi connectivity index (χ1n) is 4.75. The molecule has 2 rings (SSSR count). The molecule has 1 saturated carbocycles. The third-order valence-corrected chi connectivity index (χ3v) is 3.10. The summed E-state index contributed by atoms with van der Waals surface area (Å²) in [5.74, 6) is 0.382. The van der Waals surface area contributed by atoms with Crippen molar-refractivity contribution in [3.05, 3.63) is 0 Å². The number of nitrogens with one attached hydrogen (secondary N) is 1. The normalized spacial score (nSPS) is 35.2. The van der Waals surface area contributed by atoms with Gasteiger partial charge < -0.3 is 5.32 Å². The first-order chi connectivity index (χ1) is 5.38. The molecule has 1 nitrogen and oxygen atoms in total. The van der Waals surface area contributed by atoms with Gasteiger partial charge in [-0.05, 0) is 31.7 Å². The van der Waals surface area contributed by atoms with E-state index in [1.807, 2.05) is 0 Å². The Morgan fingerprint density at radius 3 is 2.27 bits per heavy atom. The van der Waals surface area contributed by atoms with Crippen LogP contribution < -0.4 is 5.32 Å². The summed E-state index contributed by atoms with van der Waals surface area (Å²) in [6, 6.07) is 0.207. The molecule has 0 bridgehead atoms. The van der Waals surface area contributed by atoms with Gasteiger partial charge in [-0.1, -0.05) is 12.8 Å². The lowest BCUT2D eigenvalue weighted by Gasteiger charge is -2.33. The Morgan fingerprint density at radius 2 is 1.82 bits per heavy atom. The molecular formula is C9H16FN. The lowest BCUT2D eigenvalue weighted by molar-refractivity contribution is 0.132.